The number of furan rings is 2. The average Bonchev–Trinajstić information content (AvgIpc) is 3.37. The van der Waals surface area contributed by atoms with E-state index >= 15 is 0 Å². The summed E-state index contributed by atoms with van der Waals surface area (Å²) in [5.41, 5.74) is 20.5. The van der Waals surface area contributed by atoms with Crippen LogP contribution in [0.3, 0.4) is 0 Å². The highest BCUT2D eigenvalue weighted by Gasteiger charge is 2.16. The molecule has 0 aliphatic carbocycles. The topological polar surface area (TPSA) is 209 Å². The van der Waals surface area contributed by atoms with Gasteiger partial charge in [0.1, 0.15) is 23.0 Å². The third kappa shape index (κ3) is 5.99. The van der Waals surface area contributed by atoms with Crippen LogP contribution in [0.1, 0.15) is 23.0 Å². The van der Waals surface area contributed by atoms with Crippen molar-refractivity contribution in [3.05, 3.63) is 47.3 Å². The summed E-state index contributed by atoms with van der Waals surface area (Å²) in [6.07, 6.45) is 1.18. The van der Waals surface area contributed by atoms with Gasteiger partial charge in [0.15, 0.2) is 0 Å². The lowest BCUT2D eigenvalue weighted by Gasteiger charge is -2.23. The second-order valence-corrected chi connectivity index (χ2v) is 7.41. The Balaban J connectivity index is 1.49. The van der Waals surface area contributed by atoms with Crippen LogP contribution in [0.5, 0.6) is 0 Å². The van der Waals surface area contributed by atoms with Crippen molar-refractivity contribution < 1.29 is 8.83 Å². The first-order valence-electron chi connectivity index (χ1n) is 10.5. The largest absolute Gasteiger partial charge is 0.466 e. The van der Waals surface area contributed by atoms with E-state index in [1.807, 2.05) is 38.1 Å². The summed E-state index contributed by atoms with van der Waals surface area (Å²) in [4.78, 5) is 24.8. The minimum atomic E-state index is -0.0196. The summed E-state index contributed by atoms with van der Waals surface area (Å²) >= 11 is 0. The van der Waals surface area contributed by atoms with Crippen molar-refractivity contribution in [3.8, 4) is 0 Å². The van der Waals surface area contributed by atoms with Gasteiger partial charge in [-0.2, -0.15) is 29.9 Å². The van der Waals surface area contributed by atoms with E-state index in [0.717, 1.165) is 23.0 Å². The Morgan fingerprint density at radius 2 is 1.32 bits per heavy atom. The fraction of sp³-hybridized carbons (Fsp3) is 0.300. The molecule has 178 valence electrons. The Hall–Kier alpha value is -4.62. The van der Waals surface area contributed by atoms with Gasteiger partial charge >= 0.3 is 0 Å². The summed E-state index contributed by atoms with van der Waals surface area (Å²) in [7, 11) is 0. The maximum absolute atomic E-state index is 5.90. The van der Waals surface area contributed by atoms with Crippen LogP contribution in [0.2, 0.25) is 0 Å². The Kier molecular flexibility index (Phi) is 6.57. The molecule has 4 heterocycles. The molecule has 34 heavy (non-hydrogen) atoms. The molecule has 0 aliphatic rings. The van der Waals surface area contributed by atoms with E-state index in [4.69, 9.17) is 26.0 Å². The SMILES string of the molecule is Cc1ccc(CCNc2nc(N)nc(NN(CCc3ccc(C)o3)c3nc(N)nc(N)n3)n2)o1. The maximum atomic E-state index is 5.90. The normalized spacial score (nSPS) is 10.9. The Bertz CT molecular complexity index is 1230. The predicted molar refractivity (Wildman–Crippen MR) is 127 cm³/mol. The van der Waals surface area contributed by atoms with Crippen molar-refractivity contribution in [1.82, 2.24) is 29.9 Å². The van der Waals surface area contributed by atoms with Gasteiger partial charge in [-0.15, -0.1) is 0 Å². The Morgan fingerprint density at radius 3 is 1.94 bits per heavy atom. The van der Waals surface area contributed by atoms with E-state index in [-0.39, 0.29) is 29.7 Å². The molecule has 0 unspecified atom stereocenters. The second kappa shape index (κ2) is 9.89. The molecule has 0 aliphatic heterocycles. The zero-order valence-electron chi connectivity index (χ0n) is 18.8. The van der Waals surface area contributed by atoms with E-state index in [9.17, 15) is 0 Å². The van der Waals surface area contributed by atoms with Gasteiger partial charge in [0.25, 0.3) is 5.95 Å². The second-order valence-electron chi connectivity index (χ2n) is 7.41. The number of hydrazine groups is 1. The lowest BCUT2D eigenvalue weighted by Crippen LogP contribution is -2.35. The number of hydrogen-bond donors (Lipinski definition) is 5. The number of anilines is 6. The Labute approximate surface area is 195 Å². The summed E-state index contributed by atoms with van der Waals surface area (Å²) in [5, 5.41) is 4.70. The first-order valence-corrected chi connectivity index (χ1v) is 10.5. The van der Waals surface area contributed by atoms with Gasteiger partial charge in [-0.05, 0) is 38.1 Å². The number of aryl methyl sites for hydroxylation is 2. The lowest BCUT2D eigenvalue weighted by molar-refractivity contribution is 0.482. The summed E-state index contributed by atoms with van der Waals surface area (Å²) < 4.78 is 11.2. The molecule has 4 rings (SSSR count). The molecule has 0 radical (unpaired) electrons. The fourth-order valence-corrected chi connectivity index (χ4v) is 3.12. The highest BCUT2D eigenvalue weighted by atomic mass is 16.3. The number of nitrogen functional groups attached to an aromatic ring is 3. The predicted octanol–water partition coefficient (Wildman–Crippen LogP) is 1.34. The molecule has 0 atom stereocenters. The van der Waals surface area contributed by atoms with Crippen LogP contribution in [-0.4, -0.2) is 43.0 Å². The molecule has 0 aromatic carbocycles. The number of nitrogens with two attached hydrogens (primary N) is 3. The minimum Gasteiger partial charge on any atom is -0.466 e. The van der Waals surface area contributed by atoms with Crippen LogP contribution in [0.25, 0.3) is 0 Å². The molecule has 4 aromatic rings. The van der Waals surface area contributed by atoms with Gasteiger partial charge in [-0.25, -0.2) is 0 Å². The van der Waals surface area contributed by atoms with Crippen LogP contribution < -0.4 is 33.0 Å². The molecule has 0 fully saturated rings. The van der Waals surface area contributed by atoms with Gasteiger partial charge in [0, 0.05) is 25.9 Å². The molecule has 0 spiro atoms. The number of rotatable bonds is 10. The summed E-state index contributed by atoms with van der Waals surface area (Å²) in [5.74, 6) is 3.97. The molecular formula is C20H26N12O2. The molecule has 4 aromatic heterocycles. The molecule has 14 heteroatoms. The van der Waals surface area contributed by atoms with Crippen LogP contribution >= 0.6 is 0 Å². The van der Waals surface area contributed by atoms with E-state index < -0.39 is 0 Å². The van der Waals surface area contributed by atoms with Crippen molar-refractivity contribution >= 4 is 35.7 Å². The lowest BCUT2D eigenvalue weighted by atomic mass is 10.3. The minimum absolute atomic E-state index is 0.0196. The third-order valence-corrected chi connectivity index (χ3v) is 4.62. The molecule has 0 saturated heterocycles. The molecular weight excluding hydrogens is 440 g/mol. The molecule has 14 nitrogen and oxygen atoms in total. The zero-order chi connectivity index (χ0) is 24.1. The van der Waals surface area contributed by atoms with Crippen molar-refractivity contribution in [2.24, 2.45) is 0 Å². The smallest absolute Gasteiger partial charge is 0.251 e. The van der Waals surface area contributed by atoms with Crippen LogP contribution in [0.15, 0.2) is 33.1 Å². The molecule has 0 bridgehead atoms. The van der Waals surface area contributed by atoms with Crippen molar-refractivity contribution in [2.45, 2.75) is 26.7 Å². The van der Waals surface area contributed by atoms with E-state index in [0.29, 0.717) is 31.9 Å². The Morgan fingerprint density at radius 1 is 0.735 bits per heavy atom. The standard InChI is InChI=1S/C20H26N12O2/c1-11-3-5-13(33-11)7-9-24-18-26-17(23)27-19(30-18)31-32(10-8-14-6-4-12(2)34-14)20-28-15(21)25-16(22)29-20/h3-6H,7-10H2,1-2H3,(H4,21,22,25,28,29)(H4,23,24,26,27,30,31). The molecule has 0 amide bonds. The van der Waals surface area contributed by atoms with Gasteiger partial charge in [0.2, 0.25) is 29.7 Å². The van der Waals surface area contributed by atoms with Gasteiger partial charge in [-0.1, -0.05) is 0 Å². The van der Waals surface area contributed by atoms with Gasteiger partial charge < -0.3 is 31.4 Å². The van der Waals surface area contributed by atoms with Crippen LogP contribution in [0, 0.1) is 13.8 Å². The van der Waals surface area contributed by atoms with Crippen molar-refractivity contribution in [1.29, 1.82) is 0 Å². The highest BCUT2D eigenvalue weighted by Crippen LogP contribution is 2.16. The highest BCUT2D eigenvalue weighted by molar-refractivity contribution is 5.48. The first kappa shape index (κ1) is 22.6. The van der Waals surface area contributed by atoms with Crippen LogP contribution in [-0.2, 0) is 12.8 Å². The average molecular weight is 467 g/mol. The van der Waals surface area contributed by atoms with E-state index in [2.05, 4.69) is 40.6 Å². The van der Waals surface area contributed by atoms with Gasteiger partial charge in [0.05, 0.1) is 0 Å². The van der Waals surface area contributed by atoms with E-state index in [1.165, 1.54) is 0 Å². The zero-order valence-corrected chi connectivity index (χ0v) is 18.8. The number of nitrogens with zero attached hydrogens (tertiary/aromatic N) is 7. The summed E-state index contributed by atoms with van der Waals surface area (Å²) in [6.45, 7) is 4.69. The van der Waals surface area contributed by atoms with Crippen LogP contribution in [0.4, 0.5) is 35.7 Å². The van der Waals surface area contributed by atoms with Crippen molar-refractivity contribution in [3.63, 3.8) is 0 Å². The fourth-order valence-electron chi connectivity index (χ4n) is 3.12. The van der Waals surface area contributed by atoms with Gasteiger partial charge in [-0.3, -0.25) is 10.4 Å². The van der Waals surface area contributed by atoms with Crippen molar-refractivity contribution in [2.75, 3.05) is 46.0 Å². The molecule has 8 N–H and O–H groups in total. The third-order valence-electron chi connectivity index (χ3n) is 4.62. The molecule has 0 saturated carbocycles. The number of hydrogen-bond acceptors (Lipinski definition) is 14. The monoisotopic (exact) mass is 466 g/mol. The maximum Gasteiger partial charge on any atom is 0.251 e. The number of nitrogens with one attached hydrogen (secondary N) is 2. The first-order chi connectivity index (χ1) is 16.3. The quantitative estimate of drug-likeness (QED) is 0.209. The summed E-state index contributed by atoms with van der Waals surface area (Å²) in [6, 6.07) is 7.63. The van der Waals surface area contributed by atoms with E-state index in [1.54, 1.807) is 5.01 Å². The number of aromatic nitrogens is 6.